The molecule has 0 saturated heterocycles. The van der Waals surface area contributed by atoms with Gasteiger partial charge in [0, 0.05) is 16.3 Å². The number of aryl methyl sites for hydroxylation is 3. The minimum atomic E-state index is 1.02. The Morgan fingerprint density at radius 3 is 1.75 bits per heavy atom. The van der Waals surface area contributed by atoms with Gasteiger partial charge in [0.05, 0.1) is 17.4 Å². The van der Waals surface area contributed by atoms with Crippen molar-refractivity contribution < 1.29 is 0 Å². The van der Waals surface area contributed by atoms with Crippen molar-refractivity contribution >= 4 is 27.3 Å². The molecule has 0 aliphatic rings. The molecule has 0 N–H and O–H groups in total. The number of aromatic nitrogens is 2. The van der Waals surface area contributed by atoms with Gasteiger partial charge >= 0.3 is 0 Å². The first-order valence-electron chi connectivity index (χ1n) is 13.9. The van der Waals surface area contributed by atoms with Crippen molar-refractivity contribution in [3.63, 3.8) is 0 Å². The van der Waals surface area contributed by atoms with E-state index in [4.69, 9.17) is 4.98 Å². The molecular formula is C34H48N2. The van der Waals surface area contributed by atoms with E-state index >= 15 is 0 Å². The predicted molar refractivity (Wildman–Crippen MR) is 164 cm³/mol. The molecule has 0 bridgehead atoms. The van der Waals surface area contributed by atoms with Crippen molar-refractivity contribution in [2.75, 3.05) is 0 Å². The summed E-state index contributed by atoms with van der Waals surface area (Å²) in [5.74, 6) is 0. The van der Waals surface area contributed by atoms with Gasteiger partial charge in [-0.2, -0.15) is 0 Å². The highest BCUT2D eigenvalue weighted by molar-refractivity contribution is 6.12. The maximum Gasteiger partial charge on any atom is 0.145 e. The lowest BCUT2D eigenvalue weighted by atomic mass is 9.99. The molecule has 0 fully saturated rings. The normalized spacial score (nSPS) is 9.75. The smallest absolute Gasteiger partial charge is 0.145 e. The number of hydrogen-bond donors (Lipinski definition) is 0. The number of fused-ring (bicyclic) bond motifs is 6. The summed E-state index contributed by atoms with van der Waals surface area (Å²) in [6.07, 6.45) is 4.66. The molecule has 0 aliphatic carbocycles. The second kappa shape index (κ2) is 15.8. The van der Waals surface area contributed by atoms with Gasteiger partial charge in [0.15, 0.2) is 0 Å². The number of hydrogen-bond acceptors (Lipinski definition) is 1. The van der Waals surface area contributed by atoms with E-state index in [1.807, 2.05) is 47.7 Å². The zero-order valence-electron chi connectivity index (χ0n) is 24.7. The molecule has 3 aromatic carbocycles. The molecule has 0 radical (unpaired) electrons. The van der Waals surface area contributed by atoms with Crippen molar-refractivity contribution in [1.29, 1.82) is 0 Å². The molecular weight excluding hydrogens is 436 g/mol. The highest BCUT2D eigenvalue weighted by atomic mass is 15.0. The van der Waals surface area contributed by atoms with Crippen LogP contribution in [-0.4, -0.2) is 9.38 Å². The molecule has 0 saturated carbocycles. The highest BCUT2D eigenvalue weighted by Crippen LogP contribution is 2.35. The van der Waals surface area contributed by atoms with E-state index in [2.05, 4.69) is 99.7 Å². The van der Waals surface area contributed by atoms with Gasteiger partial charge < -0.3 is 0 Å². The van der Waals surface area contributed by atoms with Gasteiger partial charge in [-0.1, -0.05) is 122 Å². The SMILES string of the molecule is CC.CC.CC.CCCC.Cc1ccc2c(c1)c1ccccc1c1ncc(-c3c(C)cccc3C)n21. The van der Waals surface area contributed by atoms with E-state index in [-0.39, 0.29) is 0 Å². The van der Waals surface area contributed by atoms with E-state index in [0.29, 0.717) is 0 Å². The summed E-state index contributed by atoms with van der Waals surface area (Å²) in [5.41, 5.74) is 8.50. The third-order valence-corrected chi connectivity index (χ3v) is 5.85. The molecule has 2 heteroatoms. The Morgan fingerprint density at radius 2 is 1.19 bits per heavy atom. The topological polar surface area (TPSA) is 17.3 Å². The number of pyridine rings is 1. The van der Waals surface area contributed by atoms with Gasteiger partial charge in [0.25, 0.3) is 0 Å². The molecule has 36 heavy (non-hydrogen) atoms. The standard InChI is InChI=1S/C24H20N2.C4H10.3C2H6/c1-15-11-12-21-20(13-15)18-9-4-5-10-19(18)24-25-14-22(26(21)24)23-16(2)7-6-8-17(23)3;1-3-4-2;3*1-2/h4-14H,1-3H3;3-4H2,1-2H3;3*1-2H3. The minimum Gasteiger partial charge on any atom is -0.292 e. The Bertz CT molecular complexity index is 1320. The Hall–Kier alpha value is -3.13. The summed E-state index contributed by atoms with van der Waals surface area (Å²) in [5, 5.41) is 3.74. The Kier molecular flexibility index (Phi) is 13.5. The molecule has 0 unspecified atom stereocenters. The molecule has 0 aliphatic heterocycles. The van der Waals surface area contributed by atoms with Crippen molar-refractivity contribution in [3.05, 3.63) is 83.6 Å². The third-order valence-electron chi connectivity index (χ3n) is 5.85. The van der Waals surface area contributed by atoms with Crippen LogP contribution in [0.15, 0.2) is 66.9 Å². The third kappa shape index (κ3) is 6.55. The molecule has 0 spiro atoms. The second-order valence-corrected chi connectivity index (χ2v) is 8.14. The quantitative estimate of drug-likeness (QED) is 0.228. The predicted octanol–water partition coefficient (Wildman–Crippen LogP) is 11.1. The summed E-state index contributed by atoms with van der Waals surface area (Å²) in [4.78, 5) is 4.84. The lowest BCUT2D eigenvalue weighted by molar-refractivity contribution is 0.886. The van der Waals surface area contributed by atoms with Crippen LogP contribution in [0.3, 0.4) is 0 Å². The van der Waals surface area contributed by atoms with Crippen LogP contribution in [0.1, 0.15) is 84.9 Å². The van der Waals surface area contributed by atoms with Gasteiger partial charge in [-0.05, 0) is 49.4 Å². The first-order chi connectivity index (χ1) is 17.6. The summed E-state index contributed by atoms with van der Waals surface area (Å²) in [7, 11) is 0. The monoisotopic (exact) mass is 484 g/mol. The first kappa shape index (κ1) is 30.9. The van der Waals surface area contributed by atoms with E-state index < -0.39 is 0 Å². The van der Waals surface area contributed by atoms with E-state index in [0.717, 1.165) is 11.3 Å². The summed E-state index contributed by atoms with van der Waals surface area (Å²) >= 11 is 0. The number of unbranched alkanes of at least 4 members (excludes halogenated alkanes) is 1. The van der Waals surface area contributed by atoms with Crippen LogP contribution in [0.25, 0.3) is 38.6 Å². The number of imidazole rings is 1. The number of nitrogens with zero attached hydrogens (tertiary/aromatic N) is 2. The van der Waals surface area contributed by atoms with Crippen molar-refractivity contribution in [3.8, 4) is 11.3 Å². The molecule has 0 amide bonds. The molecule has 2 nitrogen and oxygen atoms in total. The Morgan fingerprint density at radius 1 is 0.639 bits per heavy atom. The fourth-order valence-electron chi connectivity index (χ4n) is 4.15. The maximum absolute atomic E-state index is 4.84. The minimum absolute atomic E-state index is 1.02. The molecule has 5 rings (SSSR count). The molecule has 5 aromatic rings. The zero-order valence-corrected chi connectivity index (χ0v) is 24.7. The van der Waals surface area contributed by atoms with Crippen LogP contribution >= 0.6 is 0 Å². The van der Waals surface area contributed by atoms with E-state index in [1.54, 1.807) is 0 Å². The Labute approximate surface area is 220 Å². The largest absolute Gasteiger partial charge is 0.292 e. The van der Waals surface area contributed by atoms with Gasteiger partial charge in [0.1, 0.15) is 5.65 Å². The van der Waals surface area contributed by atoms with Crippen molar-refractivity contribution in [2.24, 2.45) is 0 Å². The van der Waals surface area contributed by atoms with Gasteiger partial charge in [-0.15, -0.1) is 0 Å². The fraction of sp³-hybridized carbons (Fsp3) is 0.382. The van der Waals surface area contributed by atoms with Crippen LogP contribution in [-0.2, 0) is 0 Å². The second-order valence-electron chi connectivity index (χ2n) is 8.14. The van der Waals surface area contributed by atoms with Crippen LogP contribution in [0.2, 0.25) is 0 Å². The first-order valence-corrected chi connectivity index (χ1v) is 13.9. The summed E-state index contributed by atoms with van der Waals surface area (Å²) in [6, 6.07) is 21.7. The lowest BCUT2D eigenvalue weighted by Crippen LogP contribution is -1.96. The summed E-state index contributed by atoms with van der Waals surface area (Å²) in [6.45, 7) is 22.9. The van der Waals surface area contributed by atoms with Crippen molar-refractivity contribution in [2.45, 2.75) is 89.0 Å². The molecule has 2 heterocycles. The van der Waals surface area contributed by atoms with Crippen LogP contribution < -0.4 is 0 Å². The maximum atomic E-state index is 4.84. The highest BCUT2D eigenvalue weighted by Gasteiger charge is 2.16. The average Bonchev–Trinajstić information content (AvgIpc) is 3.37. The lowest BCUT2D eigenvalue weighted by Gasteiger charge is -2.14. The number of benzene rings is 3. The molecule has 2 aromatic heterocycles. The van der Waals surface area contributed by atoms with E-state index in [1.165, 1.54) is 56.8 Å². The fourth-order valence-corrected chi connectivity index (χ4v) is 4.15. The van der Waals surface area contributed by atoms with Gasteiger partial charge in [-0.25, -0.2) is 4.98 Å². The van der Waals surface area contributed by atoms with Crippen LogP contribution in [0.4, 0.5) is 0 Å². The zero-order chi connectivity index (χ0) is 27.3. The average molecular weight is 485 g/mol. The van der Waals surface area contributed by atoms with Gasteiger partial charge in [0.2, 0.25) is 0 Å². The van der Waals surface area contributed by atoms with Gasteiger partial charge in [-0.3, -0.25) is 4.40 Å². The van der Waals surface area contributed by atoms with Crippen LogP contribution in [0, 0.1) is 20.8 Å². The summed E-state index contributed by atoms with van der Waals surface area (Å²) < 4.78 is 2.33. The van der Waals surface area contributed by atoms with Crippen molar-refractivity contribution in [1.82, 2.24) is 9.38 Å². The molecule has 0 atom stereocenters. The molecule has 194 valence electrons. The van der Waals surface area contributed by atoms with Crippen LogP contribution in [0.5, 0.6) is 0 Å². The Balaban J connectivity index is 0.000000573. The van der Waals surface area contributed by atoms with E-state index in [9.17, 15) is 0 Å². The number of rotatable bonds is 2.